The van der Waals surface area contributed by atoms with Gasteiger partial charge in [0.05, 0.1) is 13.2 Å². The maximum absolute atomic E-state index is 5.55. The molecule has 2 heteroatoms. The molecule has 0 rings (SSSR count). The smallest absolute Gasteiger partial charge is 0.0507 e. The van der Waals surface area contributed by atoms with Crippen molar-refractivity contribution in [3.05, 3.63) is 12.7 Å². The van der Waals surface area contributed by atoms with E-state index in [1.165, 1.54) is 0 Å². The van der Waals surface area contributed by atoms with Crippen molar-refractivity contribution in [3.63, 3.8) is 0 Å². The molecule has 0 radical (unpaired) electrons. The molecule has 0 aromatic carbocycles. The van der Waals surface area contributed by atoms with E-state index in [0.717, 1.165) is 25.0 Å². The quantitative estimate of drug-likeness (QED) is 0.396. The number of ether oxygens (including phenoxy) is 1. The summed E-state index contributed by atoms with van der Waals surface area (Å²) in [5.41, 5.74) is 0.317. The van der Waals surface area contributed by atoms with Gasteiger partial charge in [0.1, 0.15) is 0 Å². The molecule has 0 saturated carbocycles. The summed E-state index contributed by atoms with van der Waals surface area (Å²) in [5.74, 6) is 0.581. The van der Waals surface area contributed by atoms with E-state index in [1.54, 1.807) is 0 Å². The van der Waals surface area contributed by atoms with Crippen LogP contribution in [-0.2, 0) is 4.74 Å². The van der Waals surface area contributed by atoms with Gasteiger partial charge in [-0.3, -0.25) is 0 Å². The van der Waals surface area contributed by atoms with Crippen molar-refractivity contribution in [1.29, 1.82) is 0 Å². The van der Waals surface area contributed by atoms with Crippen LogP contribution in [0, 0.1) is 11.3 Å². The van der Waals surface area contributed by atoms with Crippen LogP contribution in [0.2, 0.25) is 0 Å². The highest BCUT2D eigenvalue weighted by molar-refractivity contribution is 9.09. The predicted octanol–water partition coefficient (Wildman–Crippen LogP) is 3.64. The monoisotopic (exact) mass is 248 g/mol. The summed E-state index contributed by atoms with van der Waals surface area (Å²) in [7, 11) is 0. The van der Waals surface area contributed by atoms with Crippen LogP contribution in [0.5, 0.6) is 0 Å². The molecule has 0 aromatic heterocycles. The summed E-state index contributed by atoms with van der Waals surface area (Å²) < 4.78 is 5.55. The van der Waals surface area contributed by atoms with Crippen molar-refractivity contribution in [1.82, 2.24) is 0 Å². The summed E-state index contributed by atoms with van der Waals surface area (Å²) in [4.78, 5) is 0. The standard InChI is InChI=1S/C11H21BrO/c1-5-6-7-13-9-10(8-12)11(2,3)4/h5,10H,1,6-9H2,2-4H3. The zero-order valence-corrected chi connectivity index (χ0v) is 10.6. The van der Waals surface area contributed by atoms with Crippen molar-refractivity contribution in [2.24, 2.45) is 11.3 Å². The number of alkyl halides is 1. The minimum absolute atomic E-state index is 0.317. The summed E-state index contributed by atoms with van der Waals surface area (Å²) in [6.07, 6.45) is 2.83. The van der Waals surface area contributed by atoms with Gasteiger partial charge in [-0.1, -0.05) is 42.8 Å². The van der Waals surface area contributed by atoms with Gasteiger partial charge in [0.25, 0.3) is 0 Å². The average molecular weight is 249 g/mol. The molecule has 0 aliphatic heterocycles. The van der Waals surface area contributed by atoms with E-state index in [1.807, 2.05) is 6.08 Å². The molecule has 1 atom stereocenters. The zero-order chi connectivity index (χ0) is 10.3. The highest BCUT2D eigenvalue weighted by Gasteiger charge is 2.23. The topological polar surface area (TPSA) is 9.23 Å². The van der Waals surface area contributed by atoms with Gasteiger partial charge in [0.15, 0.2) is 0 Å². The van der Waals surface area contributed by atoms with E-state index in [0.29, 0.717) is 11.3 Å². The van der Waals surface area contributed by atoms with Crippen LogP contribution in [0.4, 0.5) is 0 Å². The number of hydrogen-bond acceptors (Lipinski definition) is 1. The van der Waals surface area contributed by atoms with E-state index in [-0.39, 0.29) is 0 Å². The van der Waals surface area contributed by atoms with Crippen molar-refractivity contribution >= 4 is 15.9 Å². The van der Waals surface area contributed by atoms with Crippen molar-refractivity contribution in [2.45, 2.75) is 27.2 Å². The molecule has 1 nitrogen and oxygen atoms in total. The number of hydrogen-bond donors (Lipinski definition) is 0. The van der Waals surface area contributed by atoms with Gasteiger partial charge in [-0.25, -0.2) is 0 Å². The van der Waals surface area contributed by atoms with Gasteiger partial charge in [0.2, 0.25) is 0 Å². The maximum atomic E-state index is 5.55. The Morgan fingerprint density at radius 2 is 2.08 bits per heavy atom. The molecule has 0 aliphatic carbocycles. The van der Waals surface area contributed by atoms with E-state index in [9.17, 15) is 0 Å². The minimum atomic E-state index is 0.317. The van der Waals surface area contributed by atoms with Crippen LogP contribution in [-0.4, -0.2) is 18.5 Å². The molecule has 0 aromatic rings. The lowest BCUT2D eigenvalue weighted by Gasteiger charge is -2.28. The number of rotatable bonds is 6. The predicted molar refractivity (Wildman–Crippen MR) is 62.4 cm³/mol. The molecule has 0 aliphatic rings. The van der Waals surface area contributed by atoms with Crippen LogP contribution >= 0.6 is 15.9 Å². The normalized spacial score (nSPS) is 14.2. The molecule has 0 amide bonds. The third-order valence-corrected chi connectivity index (χ3v) is 2.98. The van der Waals surface area contributed by atoms with Gasteiger partial charge < -0.3 is 4.74 Å². The Kier molecular flexibility index (Phi) is 6.70. The molecule has 0 spiro atoms. The highest BCUT2D eigenvalue weighted by atomic mass is 79.9. The molecule has 78 valence electrons. The molecule has 0 fully saturated rings. The lowest BCUT2D eigenvalue weighted by atomic mass is 9.83. The Morgan fingerprint density at radius 1 is 1.46 bits per heavy atom. The lowest BCUT2D eigenvalue weighted by Crippen LogP contribution is -2.26. The minimum Gasteiger partial charge on any atom is -0.381 e. The Morgan fingerprint density at radius 3 is 2.46 bits per heavy atom. The van der Waals surface area contributed by atoms with Crippen LogP contribution in [0.3, 0.4) is 0 Å². The molecular weight excluding hydrogens is 228 g/mol. The van der Waals surface area contributed by atoms with E-state index in [4.69, 9.17) is 4.74 Å². The van der Waals surface area contributed by atoms with Gasteiger partial charge in [-0.05, 0) is 17.8 Å². The van der Waals surface area contributed by atoms with Gasteiger partial charge in [0, 0.05) is 5.33 Å². The first kappa shape index (κ1) is 13.2. The van der Waals surface area contributed by atoms with E-state index < -0.39 is 0 Å². The summed E-state index contributed by atoms with van der Waals surface area (Å²) in [6.45, 7) is 12.0. The van der Waals surface area contributed by atoms with E-state index in [2.05, 4.69) is 43.3 Å². The van der Waals surface area contributed by atoms with Crippen LogP contribution in [0.1, 0.15) is 27.2 Å². The second-order valence-electron chi connectivity index (χ2n) is 4.37. The fourth-order valence-electron chi connectivity index (χ4n) is 0.918. The van der Waals surface area contributed by atoms with Crippen LogP contribution < -0.4 is 0 Å². The second-order valence-corrected chi connectivity index (χ2v) is 5.02. The lowest BCUT2D eigenvalue weighted by molar-refractivity contribution is 0.0694. The third kappa shape index (κ3) is 6.28. The second kappa shape index (κ2) is 6.61. The largest absolute Gasteiger partial charge is 0.381 e. The Bertz CT molecular complexity index is 138. The Labute approximate surface area is 90.7 Å². The van der Waals surface area contributed by atoms with Crippen molar-refractivity contribution in [3.8, 4) is 0 Å². The molecule has 0 N–H and O–H groups in total. The molecule has 1 unspecified atom stereocenters. The molecule has 0 heterocycles. The SMILES string of the molecule is C=CCCOCC(CBr)C(C)(C)C. The fraction of sp³-hybridized carbons (Fsp3) is 0.818. The van der Waals surface area contributed by atoms with Gasteiger partial charge in [-0.2, -0.15) is 0 Å². The molecule has 0 saturated heterocycles. The Hall–Kier alpha value is 0.180. The van der Waals surface area contributed by atoms with Gasteiger partial charge >= 0.3 is 0 Å². The first-order chi connectivity index (χ1) is 6.02. The van der Waals surface area contributed by atoms with E-state index >= 15 is 0 Å². The van der Waals surface area contributed by atoms with Crippen molar-refractivity contribution in [2.75, 3.05) is 18.5 Å². The zero-order valence-electron chi connectivity index (χ0n) is 8.98. The first-order valence-electron chi connectivity index (χ1n) is 4.77. The highest BCUT2D eigenvalue weighted by Crippen LogP contribution is 2.27. The van der Waals surface area contributed by atoms with Crippen LogP contribution in [0.25, 0.3) is 0 Å². The fourth-order valence-corrected chi connectivity index (χ4v) is 2.08. The molecule has 0 bridgehead atoms. The maximum Gasteiger partial charge on any atom is 0.0507 e. The summed E-state index contributed by atoms with van der Waals surface area (Å²) >= 11 is 3.52. The average Bonchev–Trinajstić information content (AvgIpc) is 2.02. The summed E-state index contributed by atoms with van der Waals surface area (Å²) in [5, 5.41) is 1.00. The van der Waals surface area contributed by atoms with Gasteiger partial charge in [-0.15, -0.1) is 6.58 Å². The first-order valence-corrected chi connectivity index (χ1v) is 5.89. The van der Waals surface area contributed by atoms with Crippen LogP contribution in [0.15, 0.2) is 12.7 Å². The summed E-state index contributed by atoms with van der Waals surface area (Å²) in [6, 6.07) is 0. The van der Waals surface area contributed by atoms with Crippen molar-refractivity contribution < 1.29 is 4.74 Å². The number of halogens is 1. The molecule has 13 heavy (non-hydrogen) atoms. The molecular formula is C11H21BrO. The third-order valence-electron chi connectivity index (χ3n) is 2.20. The Balaban J connectivity index is 3.66.